The molecule has 9 nitrogen and oxygen atoms in total. The summed E-state index contributed by atoms with van der Waals surface area (Å²) in [4.78, 5) is 40.7. The molecule has 0 saturated carbocycles. The van der Waals surface area contributed by atoms with E-state index in [0.717, 1.165) is 0 Å². The lowest BCUT2D eigenvalue weighted by Gasteiger charge is -2.32. The van der Waals surface area contributed by atoms with Crippen molar-refractivity contribution in [1.82, 2.24) is 4.90 Å². The third-order valence-electron chi connectivity index (χ3n) is 3.58. The van der Waals surface area contributed by atoms with Crippen molar-refractivity contribution in [3.05, 3.63) is 0 Å². The number of methoxy groups -OCH3 is 1. The van der Waals surface area contributed by atoms with Crippen molar-refractivity contribution in [1.29, 1.82) is 0 Å². The molecule has 25 heavy (non-hydrogen) atoms. The van der Waals surface area contributed by atoms with Gasteiger partial charge in [0.05, 0.1) is 20.0 Å². The highest BCUT2D eigenvalue weighted by Gasteiger charge is 2.28. The highest BCUT2D eigenvalue weighted by Crippen LogP contribution is 2.20. The second kappa shape index (κ2) is 9.24. The molecular weight excluding hydrogens is 330 g/mol. The van der Waals surface area contributed by atoms with Crippen LogP contribution in [0.4, 0.5) is 4.79 Å². The van der Waals surface area contributed by atoms with Gasteiger partial charge in [-0.25, -0.2) is 9.59 Å². The third kappa shape index (κ3) is 7.86. The van der Waals surface area contributed by atoms with Gasteiger partial charge in [-0.05, 0) is 33.6 Å². The molecule has 0 radical (unpaired) electrons. The predicted octanol–water partition coefficient (Wildman–Crippen LogP) is 1.40. The van der Waals surface area contributed by atoms with E-state index in [-0.39, 0.29) is 30.7 Å². The molecule has 1 fully saturated rings. The number of nitrogens with zero attached hydrogens (tertiary/aromatic N) is 2. The second-order valence-electron chi connectivity index (χ2n) is 6.80. The van der Waals surface area contributed by atoms with Crippen LogP contribution < -0.4 is 5.73 Å². The van der Waals surface area contributed by atoms with E-state index in [0.29, 0.717) is 25.9 Å². The van der Waals surface area contributed by atoms with Crippen molar-refractivity contribution in [3.63, 3.8) is 0 Å². The number of carbonyl (C=O) groups is 3. The number of piperidine rings is 1. The number of nitrogens with two attached hydrogens (primary N) is 1. The number of oxime groups is 1. The van der Waals surface area contributed by atoms with Crippen LogP contribution in [0.3, 0.4) is 0 Å². The number of ether oxygens (including phenoxy) is 2. The summed E-state index contributed by atoms with van der Waals surface area (Å²) >= 11 is 0. The molecule has 1 rings (SSSR count). The SMILES string of the molecule is COC(=O)CCC(=O)O/N=C(/N)C1CCN(C(=O)OC(C)(C)C)CC1. The third-order valence-corrected chi connectivity index (χ3v) is 3.58. The normalized spacial score (nSPS) is 16.3. The molecule has 0 aromatic carbocycles. The first-order chi connectivity index (χ1) is 11.6. The molecule has 1 heterocycles. The summed E-state index contributed by atoms with van der Waals surface area (Å²) < 4.78 is 9.76. The van der Waals surface area contributed by atoms with Gasteiger partial charge in [-0.1, -0.05) is 5.16 Å². The van der Waals surface area contributed by atoms with Gasteiger partial charge in [0.1, 0.15) is 11.4 Å². The van der Waals surface area contributed by atoms with Crippen LogP contribution in [-0.4, -0.2) is 54.6 Å². The highest BCUT2D eigenvalue weighted by atomic mass is 16.7. The molecule has 0 atom stereocenters. The van der Waals surface area contributed by atoms with Crippen molar-refractivity contribution in [2.45, 2.75) is 52.1 Å². The van der Waals surface area contributed by atoms with E-state index in [1.54, 1.807) is 4.90 Å². The molecule has 0 unspecified atom stereocenters. The molecule has 142 valence electrons. The molecule has 0 bridgehead atoms. The Hall–Kier alpha value is -2.32. The second-order valence-corrected chi connectivity index (χ2v) is 6.80. The Morgan fingerprint density at radius 3 is 2.20 bits per heavy atom. The van der Waals surface area contributed by atoms with E-state index in [1.807, 2.05) is 20.8 Å². The van der Waals surface area contributed by atoms with Gasteiger partial charge in [-0.2, -0.15) is 0 Å². The van der Waals surface area contributed by atoms with Crippen molar-refractivity contribution < 1.29 is 28.7 Å². The molecular formula is C16H27N3O6. The van der Waals surface area contributed by atoms with Crippen LogP contribution in [0.2, 0.25) is 0 Å². The number of rotatable bonds is 5. The Morgan fingerprint density at radius 2 is 1.68 bits per heavy atom. The molecule has 1 amide bonds. The van der Waals surface area contributed by atoms with E-state index < -0.39 is 17.5 Å². The lowest BCUT2D eigenvalue weighted by Crippen LogP contribution is -2.44. The summed E-state index contributed by atoms with van der Waals surface area (Å²) in [7, 11) is 1.24. The molecule has 1 saturated heterocycles. The summed E-state index contributed by atoms with van der Waals surface area (Å²) in [5.41, 5.74) is 5.31. The van der Waals surface area contributed by atoms with Crippen molar-refractivity contribution in [2.24, 2.45) is 16.8 Å². The predicted molar refractivity (Wildman–Crippen MR) is 89.5 cm³/mol. The standard InChI is InChI=1S/C16H27N3O6/c1-16(2,3)24-15(22)19-9-7-11(8-10-19)14(17)18-25-13(21)6-5-12(20)23-4/h11H,5-10H2,1-4H3,(H2,17,18). The number of amides is 1. The number of carbonyl (C=O) groups excluding carboxylic acids is 3. The number of amidine groups is 1. The van der Waals surface area contributed by atoms with E-state index in [2.05, 4.69) is 9.89 Å². The van der Waals surface area contributed by atoms with Gasteiger partial charge in [0.2, 0.25) is 0 Å². The Morgan fingerprint density at radius 1 is 1.12 bits per heavy atom. The maximum absolute atomic E-state index is 12.0. The van der Waals surface area contributed by atoms with Crippen LogP contribution in [0.15, 0.2) is 5.16 Å². The first-order valence-electron chi connectivity index (χ1n) is 8.20. The van der Waals surface area contributed by atoms with Crippen LogP contribution in [0.1, 0.15) is 46.5 Å². The van der Waals surface area contributed by atoms with Gasteiger partial charge in [-0.15, -0.1) is 0 Å². The summed E-state index contributed by atoms with van der Waals surface area (Å²) in [5, 5.41) is 3.64. The van der Waals surface area contributed by atoms with Gasteiger partial charge >= 0.3 is 18.0 Å². The monoisotopic (exact) mass is 357 g/mol. The summed E-state index contributed by atoms with van der Waals surface area (Å²) in [6, 6.07) is 0. The zero-order valence-electron chi connectivity index (χ0n) is 15.2. The minimum absolute atomic E-state index is 0.0704. The van der Waals surface area contributed by atoms with Crippen molar-refractivity contribution >= 4 is 23.9 Å². The minimum Gasteiger partial charge on any atom is -0.469 e. The first-order valence-corrected chi connectivity index (χ1v) is 8.20. The summed E-state index contributed by atoms with van der Waals surface area (Å²) in [6.45, 7) is 6.43. The minimum atomic E-state index is -0.653. The van der Waals surface area contributed by atoms with Crippen molar-refractivity contribution in [2.75, 3.05) is 20.2 Å². The Balaban J connectivity index is 2.39. The van der Waals surface area contributed by atoms with Gasteiger partial charge in [0.15, 0.2) is 0 Å². The quantitative estimate of drug-likeness (QED) is 0.259. The van der Waals surface area contributed by atoms with E-state index in [4.69, 9.17) is 15.3 Å². The molecule has 1 aliphatic heterocycles. The van der Waals surface area contributed by atoms with Crippen LogP contribution in [0.5, 0.6) is 0 Å². The lowest BCUT2D eigenvalue weighted by atomic mass is 9.96. The molecule has 9 heteroatoms. The summed E-state index contributed by atoms with van der Waals surface area (Å²) in [6.07, 6.45) is 0.665. The van der Waals surface area contributed by atoms with Crippen LogP contribution >= 0.6 is 0 Å². The van der Waals surface area contributed by atoms with E-state index in [1.165, 1.54) is 7.11 Å². The fourth-order valence-electron chi connectivity index (χ4n) is 2.21. The maximum Gasteiger partial charge on any atom is 0.410 e. The first kappa shape index (κ1) is 20.7. The average molecular weight is 357 g/mol. The summed E-state index contributed by atoms with van der Waals surface area (Å²) in [5.74, 6) is -1.02. The topological polar surface area (TPSA) is 121 Å². The van der Waals surface area contributed by atoms with Gasteiger partial charge in [-0.3, -0.25) is 4.79 Å². The average Bonchev–Trinajstić information content (AvgIpc) is 2.56. The molecule has 0 aromatic heterocycles. The van der Waals surface area contributed by atoms with Gasteiger partial charge < -0.3 is 24.9 Å². The molecule has 2 N–H and O–H groups in total. The molecule has 1 aliphatic rings. The Bertz CT molecular complexity index is 518. The zero-order chi connectivity index (χ0) is 19.0. The number of esters is 1. The lowest BCUT2D eigenvalue weighted by molar-refractivity contribution is -0.149. The Kier molecular flexibility index (Phi) is 7.66. The number of likely N-dealkylation sites (tertiary alicyclic amines) is 1. The molecule has 0 aliphatic carbocycles. The number of hydrogen-bond acceptors (Lipinski definition) is 7. The zero-order valence-corrected chi connectivity index (χ0v) is 15.2. The van der Waals surface area contributed by atoms with Gasteiger partial charge in [0.25, 0.3) is 0 Å². The molecule has 0 spiro atoms. The Labute approximate surface area is 147 Å². The largest absolute Gasteiger partial charge is 0.469 e. The fourth-order valence-corrected chi connectivity index (χ4v) is 2.21. The van der Waals surface area contributed by atoms with Crippen LogP contribution in [0.25, 0.3) is 0 Å². The van der Waals surface area contributed by atoms with E-state index >= 15 is 0 Å². The van der Waals surface area contributed by atoms with Gasteiger partial charge in [0, 0.05) is 19.0 Å². The molecule has 0 aromatic rings. The van der Waals surface area contributed by atoms with Crippen LogP contribution in [-0.2, 0) is 23.9 Å². The number of hydrogen-bond donors (Lipinski definition) is 1. The highest BCUT2D eigenvalue weighted by molar-refractivity contribution is 5.84. The fraction of sp³-hybridized carbons (Fsp3) is 0.750. The van der Waals surface area contributed by atoms with E-state index in [9.17, 15) is 14.4 Å². The van der Waals surface area contributed by atoms with Crippen molar-refractivity contribution in [3.8, 4) is 0 Å². The smallest absolute Gasteiger partial charge is 0.410 e. The van der Waals surface area contributed by atoms with Crippen LogP contribution in [0, 0.1) is 5.92 Å². The maximum atomic E-state index is 12.0.